The van der Waals surface area contributed by atoms with E-state index in [4.69, 9.17) is 5.11 Å². The van der Waals surface area contributed by atoms with Crippen molar-refractivity contribution >= 4 is 12.0 Å². The van der Waals surface area contributed by atoms with Gasteiger partial charge in [0.2, 0.25) is 0 Å². The first-order chi connectivity index (χ1) is 8.31. The molecule has 1 aromatic carbocycles. The van der Waals surface area contributed by atoms with Crippen LogP contribution in [0.1, 0.15) is 36.5 Å². The van der Waals surface area contributed by atoms with Gasteiger partial charge < -0.3 is 10.0 Å². The lowest BCUT2D eigenvalue weighted by atomic mass is 10.2. The number of nitrogens with zero attached hydrogens (tertiary/aromatic N) is 1. The van der Waals surface area contributed by atoms with Gasteiger partial charge in [0.15, 0.2) is 0 Å². The SMILES string of the molecule is CCN(CCCCCO)c1ccc(C=O)cc1. The van der Waals surface area contributed by atoms with Crippen LogP contribution in [0, 0.1) is 0 Å². The molecule has 0 spiro atoms. The summed E-state index contributed by atoms with van der Waals surface area (Å²) in [7, 11) is 0. The molecule has 3 heteroatoms. The van der Waals surface area contributed by atoms with Gasteiger partial charge in [-0.15, -0.1) is 0 Å². The van der Waals surface area contributed by atoms with Gasteiger partial charge in [0, 0.05) is 30.9 Å². The van der Waals surface area contributed by atoms with E-state index >= 15 is 0 Å². The molecule has 17 heavy (non-hydrogen) atoms. The number of hydrogen-bond donors (Lipinski definition) is 1. The zero-order valence-electron chi connectivity index (χ0n) is 10.4. The molecule has 0 aliphatic rings. The number of rotatable bonds is 8. The molecule has 0 saturated heterocycles. The highest BCUT2D eigenvalue weighted by Gasteiger charge is 2.03. The van der Waals surface area contributed by atoms with E-state index in [1.165, 1.54) is 0 Å². The van der Waals surface area contributed by atoms with Gasteiger partial charge in [0.1, 0.15) is 6.29 Å². The minimum absolute atomic E-state index is 0.278. The minimum atomic E-state index is 0.278. The summed E-state index contributed by atoms with van der Waals surface area (Å²) >= 11 is 0. The second-order valence-electron chi connectivity index (χ2n) is 4.07. The molecule has 0 aromatic heterocycles. The number of unbranched alkanes of at least 4 members (excludes halogenated alkanes) is 2. The van der Waals surface area contributed by atoms with Gasteiger partial charge in [-0.2, -0.15) is 0 Å². The Balaban J connectivity index is 2.50. The Hall–Kier alpha value is -1.35. The van der Waals surface area contributed by atoms with Gasteiger partial charge in [-0.1, -0.05) is 0 Å². The molecule has 0 aliphatic heterocycles. The minimum Gasteiger partial charge on any atom is -0.396 e. The van der Waals surface area contributed by atoms with E-state index in [1.807, 2.05) is 24.3 Å². The Morgan fingerprint density at radius 2 is 1.88 bits per heavy atom. The lowest BCUT2D eigenvalue weighted by molar-refractivity contribution is 0.112. The summed E-state index contributed by atoms with van der Waals surface area (Å²) in [6.45, 7) is 4.36. The van der Waals surface area contributed by atoms with E-state index in [2.05, 4.69) is 11.8 Å². The Kier molecular flexibility index (Phi) is 6.33. The number of carbonyl (C=O) groups excluding carboxylic acids is 1. The summed E-state index contributed by atoms with van der Waals surface area (Å²) in [5.74, 6) is 0. The zero-order chi connectivity index (χ0) is 12.5. The van der Waals surface area contributed by atoms with E-state index in [0.29, 0.717) is 5.56 Å². The van der Waals surface area contributed by atoms with E-state index in [9.17, 15) is 4.79 Å². The van der Waals surface area contributed by atoms with Gasteiger partial charge >= 0.3 is 0 Å². The number of benzene rings is 1. The molecule has 1 N–H and O–H groups in total. The highest BCUT2D eigenvalue weighted by atomic mass is 16.2. The third-order valence-corrected chi connectivity index (χ3v) is 2.86. The number of aliphatic hydroxyl groups excluding tert-OH is 1. The van der Waals surface area contributed by atoms with Crippen LogP contribution >= 0.6 is 0 Å². The van der Waals surface area contributed by atoms with Crippen LogP contribution in [0.5, 0.6) is 0 Å². The predicted molar refractivity (Wildman–Crippen MR) is 70.7 cm³/mol. The van der Waals surface area contributed by atoms with Crippen LogP contribution in [-0.4, -0.2) is 31.1 Å². The first kappa shape index (κ1) is 13.7. The summed E-state index contributed by atoms with van der Waals surface area (Å²) < 4.78 is 0. The van der Waals surface area contributed by atoms with E-state index in [1.54, 1.807) is 0 Å². The zero-order valence-corrected chi connectivity index (χ0v) is 10.4. The number of hydrogen-bond acceptors (Lipinski definition) is 3. The summed E-state index contributed by atoms with van der Waals surface area (Å²) in [5.41, 5.74) is 1.87. The Bertz CT molecular complexity index is 321. The Morgan fingerprint density at radius 1 is 1.18 bits per heavy atom. The first-order valence-electron chi connectivity index (χ1n) is 6.23. The Labute approximate surface area is 103 Å². The second kappa shape index (κ2) is 7.85. The lowest BCUT2D eigenvalue weighted by Crippen LogP contribution is -2.23. The average molecular weight is 235 g/mol. The predicted octanol–water partition coefficient (Wildman–Crippen LogP) is 2.49. The Morgan fingerprint density at radius 3 is 2.41 bits per heavy atom. The van der Waals surface area contributed by atoms with Crippen molar-refractivity contribution in [1.29, 1.82) is 0 Å². The van der Waals surface area contributed by atoms with Crippen molar-refractivity contribution in [3.63, 3.8) is 0 Å². The molecular formula is C14H21NO2. The summed E-state index contributed by atoms with van der Waals surface area (Å²) in [5, 5.41) is 8.72. The number of aliphatic hydroxyl groups is 1. The smallest absolute Gasteiger partial charge is 0.150 e. The molecular weight excluding hydrogens is 214 g/mol. The fourth-order valence-corrected chi connectivity index (χ4v) is 1.82. The molecule has 0 heterocycles. The maximum absolute atomic E-state index is 10.6. The van der Waals surface area contributed by atoms with Crippen molar-refractivity contribution in [3.8, 4) is 0 Å². The quantitative estimate of drug-likeness (QED) is 0.556. The van der Waals surface area contributed by atoms with Gasteiger partial charge in [-0.25, -0.2) is 0 Å². The van der Waals surface area contributed by atoms with Crippen molar-refractivity contribution in [3.05, 3.63) is 29.8 Å². The van der Waals surface area contributed by atoms with Crippen LogP contribution < -0.4 is 4.90 Å². The first-order valence-corrected chi connectivity index (χ1v) is 6.23. The molecule has 0 saturated carbocycles. The van der Waals surface area contributed by atoms with E-state index < -0.39 is 0 Å². The maximum atomic E-state index is 10.6. The van der Waals surface area contributed by atoms with Crippen LogP contribution in [-0.2, 0) is 0 Å². The van der Waals surface area contributed by atoms with Crippen molar-refractivity contribution in [2.45, 2.75) is 26.2 Å². The van der Waals surface area contributed by atoms with Crippen molar-refractivity contribution < 1.29 is 9.90 Å². The van der Waals surface area contributed by atoms with Gasteiger partial charge in [-0.3, -0.25) is 4.79 Å². The maximum Gasteiger partial charge on any atom is 0.150 e. The molecule has 0 aliphatic carbocycles. The second-order valence-corrected chi connectivity index (χ2v) is 4.07. The molecule has 1 rings (SSSR count). The summed E-state index contributed by atoms with van der Waals surface area (Å²) in [6.07, 6.45) is 3.88. The average Bonchev–Trinajstić information content (AvgIpc) is 2.39. The number of anilines is 1. The lowest BCUT2D eigenvalue weighted by Gasteiger charge is -2.23. The van der Waals surface area contributed by atoms with Crippen LogP contribution in [0.3, 0.4) is 0 Å². The molecule has 1 aromatic rings. The van der Waals surface area contributed by atoms with Crippen molar-refractivity contribution in [1.82, 2.24) is 0 Å². The van der Waals surface area contributed by atoms with Crippen LogP contribution in [0.2, 0.25) is 0 Å². The third-order valence-electron chi connectivity index (χ3n) is 2.86. The largest absolute Gasteiger partial charge is 0.396 e. The monoisotopic (exact) mass is 235 g/mol. The standard InChI is InChI=1S/C14H21NO2/c1-2-15(10-4-3-5-11-16)14-8-6-13(12-17)7-9-14/h6-9,12,16H,2-5,10-11H2,1H3. The van der Waals surface area contributed by atoms with E-state index in [-0.39, 0.29) is 6.61 Å². The number of aldehydes is 1. The van der Waals surface area contributed by atoms with Gasteiger partial charge in [0.05, 0.1) is 0 Å². The fourth-order valence-electron chi connectivity index (χ4n) is 1.82. The third kappa shape index (κ3) is 4.57. The normalized spacial score (nSPS) is 10.2. The van der Waals surface area contributed by atoms with Gasteiger partial charge in [-0.05, 0) is 50.5 Å². The highest BCUT2D eigenvalue weighted by molar-refractivity contribution is 5.75. The molecule has 3 nitrogen and oxygen atoms in total. The van der Waals surface area contributed by atoms with Crippen LogP contribution in [0.4, 0.5) is 5.69 Å². The molecule has 0 fully saturated rings. The van der Waals surface area contributed by atoms with Crippen LogP contribution in [0.25, 0.3) is 0 Å². The summed E-state index contributed by atoms with van der Waals surface area (Å²) in [6, 6.07) is 7.66. The van der Waals surface area contributed by atoms with Crippen molar-refractivity contribution in [2.75, 3.05) is 24.6 Å². The highest BCUT2D eigenvalue weighted by Crippen LogP contribution is 2.15. The topological polar surface area (TPSA) is 40.5 Å². The van der Waals surface area contributed by atoms with Crippen LogP contribution in [0.15, 0.2) is 24.3 Å². The molecule has 0 amide bonds. The number of carbonyl (C=O) groups is 1. The van der Waals surface area contributed by atoms with Crippen molar-refractivity contribution in [2.24, 2.45) is 0 Å². The molecule has 0 atom stereocenters. The molecule has 94 valence electrons. The molecule has 0 bridgehead atoms. The summed E-state index contributed by atoms with van der Waals surface area (Å²) in [4.78, 5) is 12.8. The molecule has 0 radical (unpaired) electrons. The van der Waals surface area contributed by atoms with E-state index in [0.717, 1.165) is 44.3 Å². The van der Waals surface area contributed by atoms with Gasteiger partial charge in [0.25, 0.3) is 0 Å². The fraction of sp³-hybridized carbons (Fsp3) is 0.500. The molecule has 0 unspecified atom stereocenters.